The molecule has 0 saturated carbocycles. The molecule has 0 unspecified atom stereocenters. The zero-order valence-corrected chi connectivity index (χ0v) is 14.9. The molecule has 0 saturated heterocycles. The summed E-state index contributed by atoms with van der Waals surface area (Å²) in [6.07, 6.45) is 1.01. The Labute approximate surface area is 153 Å². The Balaban J connectivity index is 1.66. The van der Waals surface area contributed by atoms with Gasteiger partial charge < -0.3 is 5.73 Å². The van der Waals surface area contributed by atoms with Crippen molar-refractivity contribution in [1.82, 2.24) is 20.0 Å². The lowest BCUT2D eigenvalue weighted by Crippen LogP contribution is -2.02. The van der Waals surface area contributed by atoms with Crippen LogP contribution in [0.1, 0.15) is 12.5 Å². The van der Waals surface area contributed by atoms with Crippen LogP contribution in [-0.2, 0) is 6.42 Å². The molecule has 0 aliphatic rings. The first-order valence-electron chi connectivity index (χ1n) is 8.18. The summed E-state index contributed by atoms with van der Waals surface area (Å²) in [5.74, 6) is 0.0603. The third kappa shape index (κ3) is 2.97. The molecule has 2 aromatic carbocycles. The van der Waals surface area contributed by atoms with Crippen LogP contribution in [0, 0.1) is 5.82 Å². The van der Waals surface area contributed by atoms with Crippen molar-refractivity contribution >= 4 is 17.2 Å². The first-order chi connectivity index (χ1) is 12.7. The van der Waals surface area contributed by atoms with Gasteiger partial charge in [-0.15, -0.1) is 16.4 Å². The van der Waals surface area contributed by atoms with Crippen LogP contribution < -0.4 is 5.73 Å². The summed E-state index contributed by atoms with van der Waals surface area (Å²) in [5, 5.41) is 10.9. The van der Waals surface area contributed by atoms with Crippen LogP contribution in [-0.4, -0.2) is 20.0 Å². The highest BCUT2D eigenvalue weighted by molar-refractivity contribution is 7.13. The lowest BCUT2D eigenvalue weighted by molar-refractivity contribution is 0.627. The standard InChI is InChI=1S/C19H16FN5S/c1-2-12-3-5-13(6-4-12)16-11-26-19(22-16)17-18(21)25(24-23-17)15-9-7-14(20)8-10-15/h3-11H,2,21H2,1H3. The molecule has 0 radical (unpaired) electrons. The molecule has 0 amide bonds. The lowest BCUT2D eigenvalue weighted by atomic mass is 10.1. The number of rotatable bonds is 4. The van der Waals surface area contributed by atoms with Gasteiger partial charge in [0.15, 0.2) is 11.5 Å². The summed E-state index contributed by atoms with van der Waals surface area (Å²) in [7, 11) is 0. The summed E-state index contributed by atoms with van der Waals surface area (Å²) >= 11 is 1.47. The quantitative estimate of drug-likeness (QED) is 0.584. The summed E-state index contributed by atoms with van der Waals surface area (Å²) in [6.45, 7) is 2.13. The van der Waals surface area contributed by atoms with Crippen LogP contribution >= 0.6 is 11.3 Å². The number of thiazole rings is 1. The largest absolute Gasteiger partial charge is 0.382 e. The molecular weight excluding hydrogens is 349 g/mol. The molecule has 0 aliphatic heterocycles. The minimum Gasteiger partial charge on any atom is -0.382 e. The van der Waals surface area contributed by atoms with Crippen LogP contribution in [0.5, 0.6) is 0 Å². The fourth-order valence-corrected chi connectivity index (χ4v) is 3.46. The number of hydrogen-bond donors (Lipinski definition) is 1. The Morgan fingerprint density at radius 2 is 1.81 bits per heavy atom. The average molecular weight is 365 g/mol. The molecule has 2 aromatic heterocycles. The maximum Gasteiger partial charge on any atom is 0.165 e. The number of nitrogen functional groups attached to an aromatic ring is 1. The van der Waals surface area contributed by atoms with Crippen molar-refractivity contribution in [3.8, 4) is 27.6 Å². The fraction of sp³-hybridized carbons (Fsp3) is 0.105. The van der Waals surface area contributed by atoms with Crippen molar-refractivity contribution in [2.75, 3.05) is 5.73 Å². The first-order valence-corrected chi connectivity index (χ1v) is 9.06. The summed E-state index contributed by atoms with van der Waals surface area (Å²) in [5.41, 5.74) is 10.6. The van der Waals surface area contributed by atoms with E-state index >= 15 is 0 Å². The van der Waals surface area contributed by atoms with E-state index in [0.717, 1.165) is 17.7 Å². The van der Waals surface area contributed by atoms with Crippen molar-refractivity contribution in [3.05, 3.63) is 65.3 Å². The van der Waals surface area contributed by atoms with Gasteiger partial charge in [0.1, 0.15) is 10.8 Å². The van der Waals surface area contributed by atoms with Gasteiger partial charge in [0.2, 0.25) is 0 Å². The Kier molecular flexibility index (Phi) is 4.22. The molecule has 0 bridgehead atoms. The molecule has 0 atom stereocenters. The van der Waals surface area contributed by atoms with Gasteiger partial charge in [-0.25, -0.2) is 9.37 Å². The highest BCUT2D eigenvalue weighted by atomic mass is 32.1. The van der Waals surface area contributed by atoms with E-state index in [1.165, 1.54) is 33.7 Å². The lowest BCUT2D eigenvalue weighted by Gasteiger charge is -2.02. The molecule has 0 aliphatic carbocycles. The Morgan fingerprint density at radius 1 is 1.08 bits per heavy atom. The molecule has 5 nitrogen and oxygen atoms in total. The predicted molar refractivity (Wildman–Crippen MR) is 102 cm³/mol. The molecular formula is C19H16FN5S. The number of aromatic nitrogens is 4. The molecule has 2 heterocycles. The highest BCUT2D eigenvalue weighted by Crippen LogP contribution is 2.31. The summed E-state index contributed by atoms with van der Waals surface area (Å²) in [4.78, 5) is 4.65. The summed E-state index contributed by atoms with van der Waals surface area (Å²) in [6, 6.07) is 14.3. The van der Waals surface area contributed by atoms with E-state index in [1.807, 2.05) is 5.38 Å². The predicted octanol–water partition coefficient (Wildman–Crippen LogP) is 4.34. The van der Waals surface area contributed by atoms with E-state index in [9.17, 15) is 4.39 Å². The first kappa shape index (κ1) is 16.4. The topological polar surface area (TPSA) is 69.6 Å². The number of nitrogens with two attached hydrogens (primary N) is 1. The monoisotopic (exact) mass is 365 g/mol. The highest BCUT2D eigenvalue weighted by Gasteiger charge is 2.17. The van der Waals surface area contributed by atoms with E-state index in [2.05, 4.69) is 46.5 Å². The third-order valence-corrected chi connectivity index (χ3v) is 4.99. The minimum absolute atomic E-state index is 0.314. The van der Waals surface area contributed by atoms with Crippen molar-refractivity contribution in [2.45, 2.75) is 13.3 Å². The maximum atomic E-state index is 13.1. The number of benzene rings is 2. The van der Waals surface area contributed by atoms with Crippen molar-refractivity contribution in [2.24, 2.45) is 0 Å². The molecule has 2 N–H and O–H groups in total. The van der Waals surface area contributed by atoms with Gasteiger partial charge in [0, 0.05) is 10.9 Å². The van der Waals surface area contributed by atoms with E-state index in [4.69, 9.17) is 5.73 Å². The minimum atomic E-state index is -0.314. The average Bonchev–Trinajstić information content (AvgIpc) is 3.29. The second-order valence-electron chi connectivity index (χ2n) is 5.80. The zero-order valence-electron chi connectivity index (χ0n) is 14.1. The molecule has 130 valence electrons. The van der Waals surface area contributed by atoms with Gasteiger partial charge in [-0.3, -0.25) is 0 Å². The fourth-order valence-electron chi connectivity index (χ4n) is 2.64. The van der Waals surface area contributed by atoms with Crippen LogP contribution in [0.3, 0.4) is 0 Å². The maximum absolute atomic E-state index is 13.1. The van der Waals surface area contributed by atoms with E-state index < -0.39 is 0 Å². The van der Waals surface area contributed by atoms with Crippen LogP contribution in [0.25, 0.3) is 27.6 Å². The molecule has 26 heavy (non-hydrogen) atoms. The van der Waals surface area contributed by atoms with Gasteiger partial charge in [0.25, 0.3) is 0 Å². The van der Waals surface area contributed by atoms with E-state index in [0.29, 0.717) is 22.2 Å². The molecule has 0 spiro atoms. The molecule has 4 rings (SSSR count). The SMILES string of the molecule is CCc1ccc(-c2csc(-c3nnn(-c4ccc(F)cc4)c3N)n2)cc1. The molecule has 7 heteroatoms. The normalized spacial score (nSPS) is 11.0. The van der Waals surface area contributed by atoms with Crippen LogP contribution in [0.4, 0.5) is 10.2 Å². The summed E-state index contributed by atoms with van der Waals surface area (Å²) < 4.78 is 14.6. The second kappa shape index (κ2) is 6.68. The smallest absolute Gasteiger partial charge is 0.165 e. The van der Waals surface area contributed by atoms with Gasteiger partial charge in [-0.1, -0.05) is 36.4 Å². The number of hydrogen-bond acceptors (Lipinski definition) is 5. The number of anilines is 1. The second-order valence-corrected chi connectivity index (χ2v) is 6.66. The number of nitrogens with zero attached hydrogens (tertiary/aromatic N) is 4. The van der Waals surface area contributed by atoms with E-state index in [1.54, 1.807) is 12.1 Å². The van der Waals surface area contributed by atoms with Gasteiger partial charge in [0.05, 0.1) is 11.4 Å². The van der Waals surface area contributed by atoms with Gasteiger partial charge >= 0.3 is 0 Å². The number of aryl methyl sites for hydroxylation is 1. The van der Waals surface area contributed by atoms with Crippen LogP contribution in [0.15, 0.2) is 53.9 Å². The Hall–Kier alpha value is -3.06. The molecule has 4 aromatic rings. The van der Waals surface area contributed by atoms with Crippen LogP contribution in [0.2, 0.25) is 0 Å². The third-order valence-electron chi connectivity index (χ3n) is 4.14. The van der Waals surface area contributed by atoms with Crippen molar-refractivity contribution in [3.63, 3.8) is 0 Å². The Bertz CT molecular complexity index is 1030. The van der Waals surface area contributed by atoms with Gasteiger partial charge in [-0.05, 0) is 36.2 Å². The Morgan fingerprint density at radius 3 is 2.50 bits per heavy atom. The van der Waals surface area contributed by atoms with E-state index in [-0.39, 0.29) is 5.82 Å². The van der Waals surface area contributed by atoms with Gasteiger partial charge in [-0.2, -0.15) is 4.68 Å². The molecule has 0 fully saturated rings. The number of halogens is 1. The zero-order chi connectivity index (χ0) is 18.1. The van der Waals surface area contributed by atoms with Crippen molar-refractivity contribution in [1.29, 1.82) is 0 Å². The van der Waals surface area contributed by atoms with Crippen molar-refractivity contribution < 1.29 is 4.39 Å².